The number of rotatable bonds is 3. The minimum Gasteiger partial charge on any atom is -0.379 e. The summed E-state index contributed by atoms with van der Waals surface area (Å²) in [6, 6.07) is 0. The van der Waals surface area contributed by atoms with Gasteiger partial charge >= 0.3 is 0 Å². The third-order valence-electron chi connectivity index (χ3n) is 3.18. The van der Waals surface area contributed by atoms with Gasteiger partial charge in [0.05, 0.1) is 12.1 Å². The van der Waals surface area contributed by atoms with Crippen molar-refractivity contribution in [2.75, 3.05) is 18.5 Å². The van der Waals surface area contributed by atoms with Gasteiger partial charge in [-0.2, -0.15) is 15.0 Å². The molecule has 106 valence electrons. The lowest BCUT2D eigenvalue weighted by Crippen LogP contribution is -2.43. The van der Waals surface area contributed by atoms with Gasteiger partial charge in [0.25, 0.3) is 0 Å². The fourth-order valence-electron chi connectivity index (χ4n) is 2.19. The van der Waals surface area contributed by atoms with E-state index in [-0.39, 0.29) is 10.8 Å². The minimum atomic E-state index is -0.185. The van der Waals surface area contributed by atoms with E-state index in [4.69, 9.17) is 16.3 Å². The molecule has 0 spiro atoms. The Hall–Kier alpha value is -1.73. The number of halogens is 1. The van der Waals surface area contributed by atoms with Gasteiger partial charge in [-0.15, -0.1) is 0 Å². The molecule has 2 aromatic rings. The molecule has 1 aliphatic heterocycles. The second-order valence-corrected chi connectivity index (χ2v) is 5.38. The molecule has 7 nitrogen and oxygen atoms in total. The van der Waals surface area contributed by atoms with Crippen LogP contribution in [0.2, 0.25) is 5.28 Å². The van der Waals surface area contributed by atoms with Crippen molar-refractivity contribution in [3.63, 3.8) is 0 Å². The smallest absolute Gasteiger partial charge is 0.241 e. The van der Waals surface area contributed by atoms with Crippen molar-refractivity contribution in [1.82, 2.24) is 24.5 Å². The zero-order chi connectivity index (χ0) is 14.0. The molecule has 0 bridgehead atoms. The molecule has 1 fully saturated rings. The summed E-state index contributed by atoms with van der Waals surface area (Å²) < 4.78 is 7.19. The molecule has 1 aliphatic rings. The topological polar surface area (TPSA) is 77.8 Å². The van der Waals surface area contributed by atoms with Gasteiger partial charge in [-0.3, -0.25) is 4.57 Å². The molecule has 1 unspecified atom stereocenters. The van der Waals surface area contributed by atoms with Gasteiger partial charge in [0.15, 0.2) is 0 Å². The van der Waals surface area contributed by atoms with Crippen LogP contribution in [0.25, 0.3) is 5.95 Å². The molecule has 20 heavy (non-hydrogen) atoms. The Bertz CT molecular complexity index is 582. The summed E-state index contributed by atoms with van der Waals surface area (Å²) in [5.41, 5.74) is -0.185. The van der Waals surface area contributed by atoms with Crippen LogP contribution in [0.4, 0.5) is 5.95 Å². The van der Waals surface area contributed by atoms with Crippen LogP contribution < -0.4 is 5.32 Å². The van der Waals surface area contributed by atoms with Crippen molar-refractivity contribution in [1.29, 1.82) is 0 Å². The highest BCUT2D eigenvalue weighted by Crippen LogP contribution is 2.23. The summed E-state index contributed by atoms with van der Waals surface area (Å²) in [7, 11) is 0. The number of hydrogen-bond acceptors (Lipinski definition) is 6. The lowest BCUT2D eigenvalue weighted by atomic mass is 9.95. The van der Waals surface area contributed by atoms with Crippen LogP contribution in [0.3, 0.4) is 0 Å². The fraction of sp³-hybridized carbons (Fsp3) is 0.500. The predicted molar refractivity (Wildman–Crippen MR) is 74.0 cm³/mol. The van der Waals surface area contributed by atoms with Crippen molar-refractivity contribution in [3.8, 4) is 5.95 Å². The van der Waals surface area contributed by atoms with E-state index in [1.54, 1.807) is 23.3 Å². The van der Waals surface area contributed by atoms with Gasteiger partial charge in [-0.1, -0.05) is 0 Å². The van der Waals surface area contributed by atoms with Crippen LogP contribution in [0.15, 0.2) is 18.7 Å². The third-order valence-corrected chi connectivity index (χ3v) is 3.35. The van der Waals surface area contributed by atoms with Crippen molar-refractivity contribution in [2.45, 2.75) is 25.3 Å². The minimum absolute atomic E-state index is 0.145. The number of imidazole rings is 1. The van der Waals surface area contributed by atoms with Crippen LogP contribution in [-0.4, -0.2) is 43.3 Å². The molecule has 3 rings (SSSR count). The number of ether oxygens (including phenoxy) is 1. The van der Waals surface area contributed by atoms with Crippen LogP contribution in [0.1, 0.15) is 19.8 Å². The highest BCUT2D eigenvalue weighted by molar-refractivity contribution is 6.28. The van der Waals surface area contributed by atoms with E-state index >= 15 is 0 Å². The second kappa shape index (κ2) is 5.34. The maximum absolute atomic E-state index is 5.96. The molecule has 0 radical (unpaired) electrons. The van der Waals surface area contributed by atoms with Gasteiger partial charge in [0, 0.05) is 19.0 Å². The molecule has 1 atom stereocenters. The lowest BCUT2D eigenvalue weighted by Gasteiger charge is -2.34. The second-order valence-electron chi connectivity index (χ2n) is 5.04. The normalized spacial score (nSPS) is 22.7. The monoisotopic (exact) mass is 294 g/mol. The summed E-state index contributed by atoms with van der Waals surface area (Å²) in [5, 5.41) is 3.44. The Morgan fingerprint density at radius 3 is 3.00 bits per heavy atom. The molecule has 0 amide bonds. The van der Waals surface area contributed by atoms with Crippen LogP contribution >= 0.6 is 11.6 Å². The maximum atomic E-state index is 5.96. The Balaban J connectivity index is 1.86. The fourth-order valence-corrected chi connectivity index (χ4v) is 2.35. The first kappa shape index (κ1) is 13.3. The van der Waals surface area contributed by atoms with Crippen LogP contribution in [0, 0.1) is 0 Å². The predicted octanol–water partition coefficient (Wildman–Crippen LogP) is 1.69. The zero-order valence-corrected chi connectivity index (χ0v) is 11.8. The number of nitrogens with zero attached hydrogens (tertiary/aromatic N) is 5. The third kappa shape index (κ3) is 2.88. The number of nitrogens with one attached hydrogen (secondary N) is 1. The van der Waals surface area contributed by atoms with Crippen molar-refractivity contribution >= 4 is 17.5 Å². The number of hydrogen-bond donors (Lipinski definition) is 1. The highest BCUT2D eigenvalue weighted by Gasteiger charge is 2.28. The van der Waals surface area contributed by atoms with Gasteiger partial charge in [0.1, 0.15) is 6.33 Å². The van der Waals surface area contributed by atoms with E-state index < -0.39 is 0 Å². The van der Waals surface area contributed by atoms with Gasteiger partial charge < -0.3 is 10.1 Å². The standard InChI is InChI=1S/C12H15ClN6O/c1-12(3-2-6-20-7-12)18-10-15-9(13)16-11(17-10)19-5-4-14-8-19/h4-5,8H,2-3,6-7H2,1H3,(H,15,16,17,18). The molecular weight excluding hydrogens is 280 g/mol. The van der Waals surface area contributed by atoms with Gasteiger partial charge in [0.2, 0.25) is 17.2 Å². The maximum Gasteiger partial charge on any atom is 0.241 e. The van der Waals surface area contributed by atoms with E-state index in [1.807, 2.05) is 0 Å². The Morgan fingerprint density at radius 1 is 1.40 bits per heavy atom. The summed E-state index contributed by atoms with van der Waals surface area (Å²) in [5.74, 6) is 0.882. The molecule has 0 saturated carbocycles. The summed E-state index contributed by atoms with van der Waals surface area (Å²) >= 11 is 5.96. The lowest BCUT2D eigenvalue weighted by molar-refractivity contribution is 0.0537. The molecule has 0 aromatic carbocycles. The van der Waals surface area contributed by atoms with E-state index in [2.05, 4.69) is 32.2 Å². The van der Waals surface area contributed by atoms with Crippen LogP contribution in [-0.2, 0) is 4.74 Å². The SMILES string of the molecule is CC1(Nc2nc(Cl)nc(-n3ccnc3)n2)CCCOC1. The summed E-state index contributed by atoms with van der Waals surface area (Å²) in [6.45, 7) is 3.51. The molecular formula is C12H15ClN6O. The average Bonchev–Trinajstić information content (AvgIpc) is 2.92. The first-order valence-electron chi connectivity index (χ1n) is 6.40. The Kier molecular flexibility index (Phi) is 3.54. The Labute approximate surface area is 121 Å². The first-order chi connectivity index (χ1) is 9.65. The highest BCUT2D eigenvalue weighted by atomic mass is 35.5. The van der Waals surface area contributed by atoms with Gasteiger partial charge in [-0.05, 0) is 31.4 Å². The Morgan fingerprint density at radius 2 is 2.30 bits per heavy atom. The van der Waals surface area contributed by atoms with E-state index in [0.717, 1.165) is 19.4 Å². The van der Waals surface area contributed by atoms with E-state index in [9.17, 15) is 0 Å². The quantitative estimate of drug-likeness (QED) is 0.928. The molecule has 1 saturated heterocycles. The molecule has 3 heterocycles. The van der Waals surface area contributed by atoms with E-state index in [0.29, 0.717) is 18.5 Å². The number of aromatic nitrogens is 5. The van der Waals surface area contributed by atoms with Crippen molar-refractivity contribution < 1.29 is 4.74 Å². The van der Waals surface area contributed by atoms with Crippen LogP contribution in [0.5, 0.6) is 0 Å². The molecule has 1 N–H and O–H groups in total. The molecule has 8 heteroatoms. The van der Waals surface area contributed by atoms with E-state index in [1.165, 1.54) is 0 Å². The summed E-state index contributed by atoms with van der Waals surface area (Å²) in [4.78, 5) is 16.5. The number of anilines is 1. The largest absolute Gasteiger partial charge is 0.379 e. The molecule has 0 aliphatic carbocycles. The van der Waals surface area contributed by atoms with Gasteiger partial charge in [-0.25, -0.2) is 4.98 Å². The average molecular weight is 295 g/mol. The summed E-state index contributed by atoms with van der Waals surface area (Å²) in [6.07, 6.45) is 7.02. The van der Waals surface area contributed by atoms with Crippen molar-refractivity contribution in [3.05, 3.63) is 24.0 Å². The molecule has 2 aromatic heterocycles. The zero-order valence-electron chi connectivity index (χ0n) is 11.1. The first-order valence-corrected chi connectivity index (χ1v) is 6.78. The van der Waals surface area contributed by atoms with Crippen molar-refractivity contribution in [2.24, 2.45) is 0 Å².